The van der Waals surface area contributed by atoms with Crippen LogP contribution in [0.5, 0.6) is 5.75 Å². The van der Waals surface area contributed by atoms with E-state index in [1.165, 1.54) is 0 Å². The number of rotatable bonds is 8. The molecule has 1 aromatic carbocycles. The number of hydrogen-bond acceptors (Lipinski definition) is 3. The summed E-state index contributed by atoms with van der Waals surface area (Å²) in [5.41, 5.74) is 0.257. The number of benzene rings is 1. The van der Waals surface area contributed by atoms with Gasteiger partial charge in [0.2, 0.25) is 0 Å². The summed E-state index contributed by atoms with van der Waals surface area (Å²) >= 11 is 6.07. The number of hydrogen-bond donors (Lipinski definition) is 2. The van der Waals surface area contributed by atoms with Crippen molar-refractivity contribution in [2.75, 3.05) is 13.2 Å². The molecule has 0 aliphatic heterocycles. The predicted molar refractivity (Wildman–Crippen MR) is 84.6 cm³/mol. The summed E-state index contributed by atoms with van der Waals surface area (Å²) in [7, 11) is 0. The van der Waals surface area contributed by atoms with Crippen molar-refractivity contribution < 1.29 is 9.84 Å². The first-order valence-electron chi connectivity index (χ1n) is 7.33. The molecule has 4 heteroatoms. The third-order valence-corrected chi connectivity index (χ3v) is 4.00. The lowest BCUT2D eigenvalue weighted by Crippen LogP contribution is -2.34. The molecule has 2 N–H and O–H groups in total. The van der Waals surface area contributed by atoms with E-state index in [2.05, 4.69) is 19.2 Å². The van der Waals surface area contributed by atoms with E-state index in [0.717, 1.165) is 17.9 Å². The van der Waals surface area contributed by atoms with E-state index in [1.54, 1.807) is 0 Å². The Morgan fingerprint density at radius 2 is 1.95 bits per heavy atom. The van der Waals surface area contributed by atoms with Crippen molar-refractivity contribution in [1.29, 1.82) is 0 Å². The molecule has 0 aliphatic rings. The summed E-state index contributed by atoms with van der Waals surface area (Å²) in [6, 6.07) is 5.76. The zero-order chi connectivity index (χ0) is 15.2. The molecule has 0 heterocycles. The topological polar surface area (TPSA) is 41.5 Å². The van der Waals surface area contributed by atoms with Gasteiger partial charge in [0.05, 0.1) is 5.60 Å². The van der Waals surface area contributed by atoms with Crippen LogP contribution in [-0.4, -0.2) is 23.9 Å². The molecule has 0 fully saturated rings. The molecule has 1 unspecified atom stereocenters. The molecular formula is C16H26ClNO2. The largest absolute Gasteiger partial charge is 0.490 e. The Bertz CT molecular complexity index is 419. The van der Waals surface area contributed by atoms with E-state index in [9.17, 15) is 5.11 Å². The maximum absolute atomic E-state index is 10.3. The zero-order valence-corrected chi connectivity index (χ0v) is 13.6. The van der Waals surface area contributed by atoms with Gasteiger partial charge in [-0.3, -0.25) is 0 Å². The van der Waals surface area contributed by atoms with Crippen molar-refractivity contribution >= 4 is 11.6 Å². The van der Waals surface area contributed by atoms with Crippen LogP contribution in [0.25, 0.3) is 0 Å². The van der Waals surface area contributed by atoms with E-state index in [0.29, 0.717) is 24.5 Å². The third kappa shape index (κ3) is 4.65. The van der Waals surface area contributed by atoms with Crippen LogP contribution in [0.15, 0.2) is 18.2 Å². The van der Waals surface area contributed by atoms with Crippen LogP contribution in [0.4, 0.5) is 0 Å². The first-order chi connectivity index (χ1) is 9.45. The molecule has 0 spiro atoms. The molecule has 0 aromatic heterocycles. The van der Waals surface area contributed by atoms with Gasteiger partial charge in [-0.1, -0.05) is 32.4 Å². The molecule has 114 valence electrons. The highest BCUT2D eigenvalue weighted by atomic mass is 35.5. The molecule has 0 radical (unpaired) electrons. The highest BCUT2D eigenvalue weighted by Crippen LogP contribution is 2.29. The molecule has 1 aromatic rings. The van der Waals surface area contributed by atoms with Crippen LogP contribution in [-0.2, 0) is 0 Å². The second-order valence-corrected chi connectivity index (χ2v) is 5.62. The van der Waals surface area contributed by atoms with Crippen LogP contribution in [0, 0.1) is 0 Å². The van der Waals surface area contributed by atoms with Crippen LogP contribution < -0.4 is 10.1 Å². The monoisotopic (exact) mass is 299 g/mol. The summed E-state index contributed by atoms with van der Waals surface area (Å²) in [6.07, 6.45) is 1.35. The molecule has 0 aliphatic carbocycles. The molecule has 0 amide bonds. The number of ether oxygens (including phenoxy) is 1. The molecule has 0 saturated heterocycles. The second kappa shape index (κ2) is 7.87. The fraction of sp³-hybridized carbons (Fsp3) is 0.625. The van der Waals surface area contributed by atoms with E-state index < -0.39 is 5.60 Å². The minimum Gasteiger partial charge on any atom is -0.490 e. The van der Waals surface area contributed by atoms with Gasteiger partial charge >= 0.3 is 0 Å². The quantitative estimate of drug-likeness (QED) is 0.764. The van der Waals surface area contributed by atoms with Crippen molar-refractivity contribution in [3.05, 3.63) is 28.8 Å². The maximum Gasteiger partial charge on any atom is 0.124 e. The number of nitrogens with one attached hydrogen (secondary N) is 1. The summed E-state index contributed by atoms with van der Waals surface area (Å²) in [5.74, 6) is 0.781. The Morgan fingerprint density at radius 3 is 2.50 bits per heavy atom. The van der Waals surface area contributed by atoms with Gasteiger partial charge in [-0.2, -0.15) is 0 Å². The lowest BCUT2D eigenvalue weighted by Gasteiger charge is -2.26. The van der Waals surface area contributed by atoms with Crippen LogP contribution in [0.2, 0.25) is 5.02 Å². The van der Waals surface area contributed by atoms with Gasteiger partial charge in [-0.15, -0.1) is 0 Å². The summed E-state index contributed by atoms with van der Waals surface area (Å²) in [6.45, 7) is 9.25. The second-order valence-electron chi connectivity index (χ2n) is 5.18. The number of halogens is 1. The molecule has 1 atom stereocenters. The third-order valence-electron chi connectivity index (χ3n) is 3.76. The van der Waals surface area contributed by atoms with Crippen molar-refractivity contribution in [3.63, 3.8) is 0 Å². The van der Waals surface area contributed by atoms with Crippen molar-refractivity contribution in [2.24, 2.45) is 0 Å². The van der Waals surface area contributed by atoms with Crippen LogP contribution >= 0.6 is 11.6 Å². The van der Waals surface area contributed by atoms with Crippen molar-refractivity contribution in [3.8, 4) is 5.75 Å². The first-order valence-corrected chi connectivity index (χ1v) is 7.71. The zero-order valence-electron chi connectivity index (χ0n) is 12.9. The minimum absolute atomic E-state index is 0.157. The molecular weight excluding hydrogens is 274 g/mol. The molecule has 0 saturated carbocycles. The van der Waals surface area contributed by atoms with Gasteiger partial charge in [0, 0.05) is 16.6 Å². The molecule has 3 nitrogen and oxygen atoms in total. The summed E-state index contributed by atoms with van der Waals surface area (Å²) < 4.78 is 5.86. The lowest BCUT2D eigenvalue weighted by atomic mass is 9.99. The Kier molecular flexibility index (Phi) is 6.80. The molecule has 20 heavy (non-hydrogen) atoms. The van der Waals surface area contributed by atoms with Gasteiger partial charge in [0.1, 0.15) is 12.4 Å². The lowest BCUT2D eigenvalue weighted by molar-refractivity contribution is -0.0117. The van der Waals surface area contributed by atoms with Gasteiger partial charge in [0.25, 0.3) is 0 Å². The highest BCUT2D eigenvalue weighted by molar-refractivity contribution is 6.30. The van der Waals surface area contributed by atoms with Crippen LogP contribution in [0.1, 0.15) is 52.1 Å². The average Bonchev–Trinajstić information content (AvgIpc) is 2.45. The SMILES string of the molecule is CCNC(C)c1cc(Cl)ccc1OCC(O)(CC)CC. The van der Waals surface area contributed by atoms with Gasteiger partial charge < -0.3 is 15.2 Å². The summed E-state index contributed by atoms with van der Waals surface area (Å²) in [5, 5.41) is 14.4. The normalized spacial score (nSPS) is 13.3. The highest BCUT2D eigenvalue weighted by Gasteiger charge is 2.24. The fourth-order valence-corrected chi connectivity index (χ4v) is 2.25. The van der Waals surface area contributed by atoms with Gasteiger partial charge in [-0.25, -0.2) is 0 Å². The van der Waals surface area contributed by atoms with Crippen LogP contribution in [0.3, 0.4) is 0 Å². The predicted octanol–water partition coefficient (Wildman–Crippen LogP) is 3.94. The minimum atomic E-state index is -0.766. The maximum atomic E-state index is 10.3. The molecule has 1 rings (SSSR count). The Labute approximate surface area is 127 Å². The van der Waals surface area contributed by atoms with Gasteiger partial charge in [-0.05, 0) is 44.5 Å². The van der Waals surface area contributed by atoms with E-state index in [-0.39, 0.29) is 6.04 Å². The van der Waals surface area contributed by atoms with Crippen molar-refractivity contribution in [2.45, 2.75) is 52.2 Å². The fourth-order valence-electron chi connectivity index (χ4n) is 2.07. The smallest absolute Gasteiger partial charge is 0.124 e. The number of aliphatic hydroxyl groups is 1. The Hall–Kier alpha value is -0.770. The first kappa shape index (κ1) is 17.3. The summed E-state index contributed by atoms with van der Waals surface area (Å²) in [4.78, 5) is 0. The van der Waals surface area contributed by atoms with E-state index in [4.69, 9.17) is 16.3 Å². The Morgan fingerprint density at radius 1 is 1.30 bits per heavy atom. The average molecular weight is 300 g/mol. The Balaban J connectivity index is 2.89. The van der Waals surface area contributed by atoms with Gasteiger partial charge in [0.15, 0.2) is 0 Å². The molecule has 0 bridgehead atoms. The van der Waals surface area contributed by atoms with Crippen molar-refractivity contribution in [1.82, 2.24) is 5.32 Å². The standard InChI is InChI=1S/C16H26ClNO2/c1-5-16(19,6-2)11-20-15-9-8-13(17)10-14(15)12(4)18-7-3/h8-10,12,18-19H,5-7,11H2,1-4H3. The van der Waals surface area contributed by atoms with E-state index >= 15 is 0 Å². The van der Waals surface area contributed by atoms with E-state index in [1.807, 2.05) is 32.0 Å².